The molecule has 1 fully saturated rings. The first-order valence-electron chi connectivity index (χ1n) is 8.13. The van der Waals surface area contributed by atoms with E-state index in [9.17, 15) is 9.59 Å². The highest BCUT2D eigenvalue weighted by Gasteiger charge is 2.29. The van der Waals surface area contributed by atoms with Crippen LogP contribution in [0.3, 0.4) is 0 Å². The Morgan fingerprint density at radius 3 is 2.67 bits per heavy atom. The van der Waals surface area contributed by atoms with Gasteiger partial charge in [0.15, 0.2) is 5.78 Å². The molecule has 5 nitrogen and oxygen atoms in total. The van der Waals surface area contributed by atoms with Crippen molar-refractivity contribution in [2.75, 3.05) is 20.2 Å². The molecule has 0 saturated carbocycles. The highest BCUT2D eigenvalue weighted by molar-refractivity contribution is 5.94. The number of Topliss-reactive ketones (excluding diaryl/α,β-unsaturated/α-hetero) is 1. The molecule has 1 heterocycles. The van der Waals surface area contributed by atoms with Gasteiger partial charge in [-0.3, -0.25) is 9.59 Å². The van der Waals surface area contributed by atoms with E-state index in [0.717, 1.165) is 24.9 Å². The molecule has 24 heavy (non-hydrogen) atoms. The molecule has 0 radical (unpaired) electrons. The maximum absolute atomic E-state index is 12.7. The number of carbonyl (C=O) groups excluding carboxylic acids is 2. The summed E-state index contributed by atoms with van der Waals surface area (Å²) in [6.07, 6.45) is 2.19. The van der Waals surface area contributed by atoms with Crippen LogP contribution in [0.5, 0.6) is 5.75 Å². The number of likely N-dealkylation sites (tertiary alicyclic amines) is 1. The van der Waals surface area contributed by atoms with Gasteiger partial charge in [0.25, 0.3) is 0 Å². The van der Waals surface area contributed by atoms with E-state index in [0.29, 0.717) is 23.8 Å². The molecule has 2 unspecified atom stereocenters. The summed E-state index contributed by atoms with van der Waals surface area (Å²) in [5.74, 6) is 1.26. The van der Waals surface area contributed by atoms with Gasteiger partial charge < -0.3 is 15.4 Å². The van der Waals surface area contributed by atoms with Crippen LogP contribution in [0.25, 0.3) is 0 Å². The molecule has 1 amide bonds. The highest BCUT2D eigenvalue weighted by Crippen LogP contribution is 2.25. The van der Waals surface area contributed by atoms with Crippen LogP contribution in [-0.2, 0) is 11.2 Å². The van der Waals surface area contributed by atoms with Crippen molar-refractivity contribution in [1.82, 2.24) is 4.90 Å². The Balaban J connectivity index is 0.00000288. The van der Waals surface area contributed by atoms with Crippen molar-refractivity contribution in [2.45, 2.75) is 39.2 Å². The molecule has 0 spiro atoms. The Morgan fingerprint density at radius 1 is 1.38 bits per heavy atom. The van der Waals surface area contributed by atoms with E-state index >= 15 is 0 Å². The summed E-state index contributed by atoms with van der Waals surface area (Å²) in [7, 11) is 1.57. The van der Waals surface area contributed by atoms with Gasteiger partial charge in [-0.2, -0.15) is 0 Å². The van der Waals surface area contributed by atoms with Crippen molar-refractivity contribution >= 4 is 24.1 Å². The number of benzene rings is 1. The SMILES string of the molecule is COc1ccc(C(C)=O)cc1CC(=O)N1CCC(C)CC1CN.Cl. The average molecular weight is 355 g/mol. The molecule has 1 aliphatic heterocycles. The average Bonchev–Trinajstić information content (AvgIpc) is 2.54. The lowest BCUT2D eigenvalue weighted by Crippen LogP contribution is -2.49. The number of carbonyl (C=O) groups is 2. The van der Waals surface area contributed by atoms with Crippen LogP contribution in [0.4, 0.5) is 0 Å². The summed E-state index contributed by atoms with van der Waals surface area (Å²) in [6.45, 7) is 4.95. The molecule has 0 bridgehead atoms. The van der Waals surface area contributed by atoms with Gasteiger partial charge in [-0.1, -0.05) is 6.92 Å². The predicted molar refractivity (Wildman–Crippen MR) is 96.9 cm³/mol. The standard InChI is InChI=1S/C18H26N2O3.ClH/c1-12-6-7-20(16(8-12)11-19)18(22)10-15-9-14(13(2)21)4-5-17(15)23-3;/h4-5,9,12,16H,6-8,10-11,19H2,1-3H3;1H. The number of ketones is 1. The molecule has 134 valence electrons. The van der Waals surface area contributed by atoms with Crippen molar-refractivity contribution in [1.29, 1.82) is 0 Å². The molecule has 1 aromatic carbocycles. The lowest BCUT2D eigenvalue weighted by Gasteiger charge is -2.38. The van der Waals surface area contributed by atoms with Crippen LogP contribution in [-0.4, -0.2) is 42.8 Å². The van der Waals surface area contributed by atoms with Crippen molar-refractivity contribution in [3.63, 3.8) is 0 Å². The summed E-state index contributed by atoms with van der Waals surface area (Å²) >= 11 is 0. The number of methoxy groups -OCH3 is 1. The number of nitrogens with zero attached hydrogens (tertiary/aromatic N) is 1. The van der Waals surface area contributed by atoms with Crippen molar-refractivity contribution in [3.8, 4) is 5.75 Å². The zero-order valence-corrected chi connectivity index (χ0v) is 15.4. The third kappa shape index (κ3) is 4.71. The highest BCUT2D eigenvalue weighted by atomic mass is 35.5. The Morgan fingerprint density at radius 2 is 2.08 bits per heavy atom. The fourth-order valence-electron chi connectivity index (χ4n) is 3.20. The number of amides is 1. The smallest absolute Gasteiger partial charge is 0.227 e. The summed E-state index contributed by atoms with van der Waals surface area (Å²) in [6, 6.07) is 5.33. The zero-order chi connectivity index (χ0) is 17.0. The van der Waals surface area contributed by atoms with Crippen LogP contribution in [0, 0.1) is 5.92 Å². The molecule has 1 aromatic rings. The molecule has 1 saturated heterocycles. The molecule has 2 N–H and O–H groups in total. The van der Waals surface area contributed by atoms with E-state index in [1.54, 1.807) is 25.3 Å². The quantitative estimate of drug-likeness (QED) is 0.824. The van der Waals surface area contributed by atoms with Crippen LogP contribution in [0.15, 0.2) is 18.2 Å². The minimum absolute atomic E-state index is 0. The minimum atomic E-state index is -0.0204. The summed E-state index contributed by atoms with van der Waals surface area (Å²) in [5.41, 5.74) is 7.19. The lowest BCUT2D eigenvalue weighted by molar-refractivity contribution is -0.134. The van der Waals surface area contributed by atoms with Gasteiger partial charge in [0.1, 0.15) is 5.75 Å². The van der Waals surface area contributed by atoms with E-state index in [4.69, 9.17) is 10.5 Å². The summed E-state index contributed by atoms with van der Waals surface area (Å²) < 4.78 is 5.33. The summed E-state index contributed by atoms with van der Waals surface area (Å²) in [5, 5.41) is 0. The topological polar surface area (TPSA) is 72.6 Å². The second kappa shape index (κ2) is 9.04. The number of piperidine rings is 1. The third-order valence-corrected chi connectivity index (χ3v) is 4.60. The van der Waals surface area contributed by atoms with Crippen molar-refractivity contribution in [2.24, 2.45) is 11.7 Å². The molecule has 2 rings (SSSR count). The Kier molecular flexibility index (Phi) is 7.70. The maximum Gasteiger partial charge on any atom is 0.227 e. The molecular formula is C18H27ClN2O3. The van der Waals surface area contributed by atoms with Crippen molar-refractivity contribution < 1.29 is 14.3 Å². The second-order valence-electron chi connectivity index (χ2n) is 6.37. The number of ether oxygens (including phenoxy) is 1. The van der Waals surface area contributed by atoms with Crippen LogP contribution < -0.4 is 10.5 Å². The maximum atomic E-state index is 12.7. The van der Waals surface area contributed by atoms with Gasteiger partial charge in [0.05, 0.1) is 13.5 Å². The summed E-state index contributed by atoms with van der Waals surface area (Å²) in [4.78, 5) is 26.2. The molecule has 0 aromatic heterocycles. The number of nitrogens with two attached hydrogens (primary N) is 1. The first-order valence-corrected chi connectivity index (χ1v) is 8.13. The Hall–Kier alpha value is -1.59. The number of halogens is 1. The lowest BCUT2D eigenvalue weighted by atomic mass is 9.92. The predicted octanol–water partition coefficient (Wildman–Crippen LogP) is 2.45. The minimum Gasteiger partial charge on any atom is -0.496 e. The molecular weight excluding hydrogens is 328 g/mol. The van der Waals surface area contributed by atoms with E-state index in [1.165, 1.54) is 6.92 Å². The Labute approximate surface area is 149 Å². The zero-order valence-electron chi connectivity index (χ0n) is 14.6. The van der Waals surface area contributed by atoms with Crippen LogP contribution in [0.1, 0.15) is 42.6 Å². The van der Waals surface area contributed by atoms with E-state index in [2.05, 4.69) is 6.92 Å². The van der Waals surface area contributed by atoms with Gasteiger partial charge in [-0.15, -0.1) is 12.4 Å². The monoisotopic (exact) mass is 354 g/mol. The van der Waals surface area contributed by atoms with Gasteiger partial charge >= 0.3 is 0 Å². The van der Waals surface area contributed by atoms with Crippen LogP contribution >= 0.6 is 12.4 Å². The second-order valence-corrected chi connectivity index (χ2v) is 6.37. The van der Waals surface area contributed by atoms with Gasteiger partial charge in [-0.25, -0.2) is 0 Å². The number of hydrogen-bond acceptors (Lipinski definition) is 4. The van der Waals surface area contributed by atoms with Gasteiger partial charge in [-0.05, 0) is 43.9 Å². The van der Waals surface area contributed by atoms with E-state index in [1.807, 2.05) is 4.90 Å². The van der Waals surface area contributed by atoms with E-state index in [-0.39, 0.29) is 36.6 Å². The largest absolute Gasteiger partial charge is 0.496 e. The fraction of sp³-hybridized carbons (Fsp3) is 0.556. The first kappa shape index (κ1) is 20.5. The molecule has 0 aliphatic carbocycles. The van der Waals surface area contributed by atoms with Crippen LogP contribution in [0.2, 0.25) is 0 Å². The molecule has 6 heteroatoms. The number of hydrogen-bond donors (Lipinski definition) is 1. The van der Waals surface area contributed by atoms with Crippen molar-refractivity contribution in [3.05, 3.63) is 29.3 Å². The first-order chi connectivity index (χ1) is 11.0. The number of rotatable bonds is 5. The third-order valence-electron chi connectivity index (χ3n) is 4.60. The molecule has 2 atom stereocenters. The van der Waals surface area contributed by atoms with E-state index < -0.39 is 0 Å². The normalized spacial score (nSPS) is 20.2. The van der Waals surface area contributed by atoms with Gasteiger partial charge in [0.2, 0.25) is 5.91 Å². The Bertz CT molecular complexity index is 592. The van der Waals surface area contributed by atoms with Gasteiger partial charge in [0, 0.05) is 30.3 Å². The molecule has 1 aliphatic rings. The fourth-order valence-corrected chi connectivity index (χ4v) is 3.20.